The highest BCUT2D eigenvalue weighted by Crippen LogP contribution is 2.18. The molecule has 0 saturated carbocycles. The van der Waals surface area contributed by atoms with E-state index < -0.39 is 0 Å². The lowest BCUT2D eigenvalue weighted by molar-refractivity contribution is 0.128. The highest BCUT2D eigenvalue weighted by atomic mass is 35.5. The van der Waals surface area contributed by atoms with Crippen LogP contribution in [-0.4, -0.2) is 54.1 Å². The van der Waals surface area contributed by atoms with Crippen molar-refractivity contribution in [3.05, 3.63) is 34.9 Å². The maximum atomic E-state index is 12.4. The van der Waals surface area contributed by atoms with Gasteiger partial charge in [0.1, 0.15) is 0 Å². The first-order valence-electron chi connectivity index (χ1n) is 7.40. The van der Waals surface area contributed by atoms with Gasteiger partial charge in [0.25, 0.3) is 0 Å². The molecule has 1 unspecified atom stereocenters. The van der Waals surface area contributed by atoms with Crippen LogP contribution < -0.4 is 10.6 Å². The molecule has 0 radical (unpaired) electrons. The molecule has 0 aromatic heterocycles. The summed E-state index contributed by atoms with van der Waals surface area (Å²) in [7, 11) is 0. The van der Waals surface area contributed by atoms with E-state index in [4.69, 9.17) is 11.6 Å². The van der Waals surface area contributed by atoms with Crippen LogP contribution in [0.1, 0.15) is 18.5 Å². The summed E-state index contributed by atoms with van der Waals surface area (Å²) in [4.78, 5) is 27.5. The van der Waals surface area contributed by atoms with Crippen LogP contribution in [0.5, 0.6) is 0 Å². The molecule has 2 aliphatic rings. The van der Waals surface area contributed by atoms with Crippen molar-refractivity contribution < 1.29 is 9.59 Å². The van der Waals surface area contributed by atoms with Gasteiger partial charge >= 0.3 is 12.1 Å². The van der Waals surface area contributed by atoms with E-state index in [1.165, 1.54) is 0 Å². The predicted octanol–water partition coefficient (Wildman–Crippen LogP) is 1.82. The molecule has 3 rings (SSSR count). The summed E-state index contributed by atoms with van der Waals surface area (Å²) in [5.41, 5.74) is 1.01. The van der Waals surface area contributed by atoms with E-state index in [1.54, 1.807) is 9.80 Å². The largest absolute Gasteiger partial charge is 0.336 e. The molecular formula is C15H19ClN4O2. The number of nitrogens with one attached hydrogen (secondary N) is 2. The lowest BCUT2D eigenvalue weighted by Crippen LogP contribution is -2.56. The summed E-state index contributed by atoms with van der Waals surface area (Å²) in [5, 5.41) is 6.48. The summed E-state index contributed by atoms with van der Waals surface area (Å²) >= 11 is 5.87. The van der Waals surface area contributed by atoms with Crippen molar-refractivity contribution in [1.29, 1.82) is 0 Å². The monoisotopic (exact) mass is 322 g/mol. The number of fused-ring (bicyclic) bond motifs is 1. The zero-order valence-electron chi connectivity index (χ0n) is 12.4. The third-order valence-electron chi connectivity index (χ3n) is 4.23. The fourth-order valence-corrected chi connectivity index (χ4v) is 3.03. The van der Waals surface area contributed by atoms with Crippen molar-refractivity contribution in [2.45, 2.75) is 19.0 Å². The van der Waals surface area contributed by atoms with Gasteiger partial charge in [-0.3, -0.25) is 0 Å². The van der Waals surface area contributed by atoms with Gasteiger partial charge in [0.15, 0.2) is 0 Å². The molecule has 2 heterocycles. The predicted molar refractivity (Wildman–Crippen MR) is 83.9 cm³/mol. The van der Waals surface area contributed by atoms with Crippen LogP contribution in [0.2, 0.25) is 5.02 Å². The number of amides is 4. The zero-order valence-corrected chi connectivity index (χ0v) is 13.1. The van der Waals surface area contributed by atoms with Crippen molar-refractivity contribution in [2.75, 3.05) is 26.2 Å². The molecule has 2 atom stereocenters. The molecule has 2 N–H and O–H groups in total. The first kappa shape index (κ1) is 15.0. The van der Waals surface area contributed by atoms with Crippen LogP contribution in [-0.2, 0) is 0 Å². The molecule has 4 amide bonds. The number of nitrogens with zero attached hydrogens (tertiary/aromatic N) is 2. The van der Waals surface area contributed by atoms with E-state index in [0.717, 1.165) is 5.56 Å². The van der Waals surface area contributed by atoms with Gasteiger partial charge in [0.2, 0.25) is 0 Å². The van der Waals surface area contributed by atoms with Crippen molar-refractivity contribution in [3.8, 4) is 0 Å². The highest BCUT2D eigenvalue weighted by Gasteiger charge is 2.37. The minimum absolute atomic E-state index is 0.0282. The number of halogens is 1. The van der Waals surface area contributed by atoms with Crippen LogP contribution in [0.3, 0.4) is 0 Å². The lowest BCUT2D eigenvalue weighted by atomic mass is 10.1. The lowest BCUT2D eigenvalue weighted by Gasteiger charge is -2.36. The van der Waals surface area contributed by atoms with Crippen LogP contribution in [0, 0.1) is 0 Å². The number of carbonyl (C=O) groups excluding carboxylic acids is 2. The van der Waals surface area contributed by atoms with Gasteiger partial charge in [0, 0.05) is 31.2 Å². The Kier molecular flexibility index (Phi) is 4.11. The highest BCUT2D eigenvalue weighted by molar-refractivity contribution is 6.30. The van der Waals surface area contributed by atoms with Gasteiger partial charge in [-0.2, -0.15) is 0 Å². The molecule has 0 bridgehead atoms. The Morgan fingerprint density at radius 2 is 2.09 bits per heavy atom. The Balaban J connectivity index is 1.58. The van der Waals surface area contributed by atoms with Crippen molar-refractivity contribution in [3.63, 3.8) is 0 Å². The minimum atomic E-state index is -0.0959. The molecule has 2 aliphatic heterocycles. The summed E-state index contributed by atoms with van der Waals surface area (Å²) in [5.74, 6) is 0. The number of carbonyl (C=O) groups is 2. The first-order valence-corrected chi connectivity index (χ1v) is 7.78. The minimum Gasteiger partial charge on any atom is -0.336 e. The van der Waals surface area contributed by atoms with Crippen LogP contribution in [0.15, 0.2) is 24.3 Å². The average molecular weight is 323 g/mol. The maximum absolute atomic E-state index is 12.4. The third-order valence-corrected chi connectivity index (χ3v) is 4.48. The second-order valence-electron chi connectivity index (χ2n) is 5.70. The molecular weight excluding hydrogens is 304 g/mol. The Labute approximate surface area is 134 Å². The molecule has 2 fully saturated rings. The molecule has 2 saturated heterocycles. The first-order chi connectivity index (χ1) is 10.5. The van der Waals surface area contributed by atoms with Crippen LogP contribution >= 0.6 is 11.6 Å². The molecule has 1 aromatic rings. The van der Waals surface area contributed by atoms with Crippen LogP contribution in [0.4, 0.5) is 9.59 Å². The number of hydrogen-bond acceptors (Lipinski definition) is 2. The molecule has 7 heteroatoms. The average Bonchev–Trinajstić information content (AvgIpc) is 2.88. The van der Waals surface area contributed by atoms with Crippen molar-refractivity contribution in [1.82, 2.24) is 20.4 Å². The standard InChI is InChI=1S/C15H19ClN4O2/c1-10(11-2-4-12(16)5-3-11)18-15(22)19-6-7-20-13(9-19)8-17-14(20)21/h2-5,10,13H,6-9H2,1H3,(H,17,21)(H,18,22)/t10-,13?/m1/s1. The Bertz CT molecular complexity index is 577. The van der Waals surface area contributed by atoms with E-state index in [9.17, 15) is 9.59 Å². The van der Waals surface area contributed by atoms with E-state index in [0.29, 0.717) is 31.2 Å². The molecule has 0 aliphatic carbocycles. The van der Waals surface area contributed by atoms with Crippen molar-refractivity contribution in [2.24, 2.45) is 0 Å². The van der Waals surface area contributed by atoms with Gasteiger partial charge in [-0.1, -0.05) is 23.7 Å². The summed E-state index contributed by atoms with van der Waals surface area (Å²) < 4.78 is 0. The Morgan fingerprint density at radius 3 is 2.82 bits per heavy atom. The SMILES string of the molecule is C[C@@H](NC(=O)N1CCN2C(=O)NCC2C1)c1ccc(Cl)cc1. The Morgan fingerprint density at radius 1 is 1.36 bits per heavy atom. The van der Waals surface area contributed by atoms with E-state index in [1.807, 2.05) is 31.2 Å². The summed E-state index contributed by atoms with van der Waals surface area (Å²) in [6.07, 6.45) is 0. The zero-order chi connectivity index (χ0) is 15.7. The third kappa shape index (κ3) is 2.97. The molecule has 118 valence electrons. The van der Waals surface area contributed by atoms with Gasteiger partial charge in [-0.25, -0.2) is 9.59 Å². The number of rotatable bonds is 2. The normalized spacial score (nSPS) is 22.1. The van der Waals surface area contributed by atoms with Crippen LogP contribution in [0.25, 0.3) is 0 Å². The molecule has 1 aromatic carbocycles. The fourth-order valence-electron chi connectivity index (χ4n) is 2.90. The van der Waals surface area contributed by atoms with E-state index in [-0.39, 0.29) is 24.1 Å². The topological polar surface area (TPSA) is 64.7 Å². The number of piperazine rings is 1. The second-order valence-corrected chi connectivity index (χ2v) is 6.14. The quantitative estimate of drug-likeness (QED) is 0.872. The fraction of sp³-hybridized carbons (Fsp3) is 0.467. The van der Waals surface area contributed by atoms with E-state index in [2.05, 4.69) is 10.6 Å². The molecule has 6 nitrogen and oxygen atoms in total. The smallest absolute Gasteiger partial charge is 0.318 e. The number of urea groups is 2. The Hall–Kier alpha value is -1.95. The van der Waals surface area contributed by atoms with Gasteiger partial charge < -0.3 is 20.4 Å². The van der Waals surface area contributed by atoms with Gasteiger partial charge in [-0.15, -0.1) is 0 Å². The second kappa shape index (κ2) is 6.04. The maximum Gasteiger partial charge on any atom is 0.318 e. The number of benzene rings is 1. The number of hydrogen-bond donors (Lipinski definition) is 2. The molecule has 0 spiro atoms. The summed E-state index contributed by atoms with van der Waals surface area (Å²) in [6.45, 7) is 4.26. The van der Waals surface area contributed by atoms with Gasteiger partial charge in [0.05, 0.1) is 12.1 Å². The van der Waals surface area contributed by atoms with Gasteiger partial charge in [-0.05, 0) is 24.6 Å². The van der Waals surface area contributed by atoms with E-state index >= 15 is 0 Å². The summed E-state index contributed by atoms with van der Waals surface area (Å²) in [6, 6.07) is 7.31. The van der Waals surface area contributed by atoms with Crippen molar-refractivity contribution >= 4 is 23.7 Å². The molecule has 22 heavy (non-hydrogen) atoms.